The van der Waals surface area contributed by atoms with Crippen LogP contribution in [0.3, 0.4) is 0 Å². The molecule has 4 heteroatoms. The predicted octanol–water partition coefficient (Wildman–Crippen LogP) is 2.25. The van der Waals surface area contributed by atoms with Gasteiger partial charge in [-0.15, -0.1) is 22.7 Å². The molecule has 0 saturated carbocycles. The van der Waals surface area contributed by atoms with Gasteiger partial charge in [0.15, 0.2) is 0 Å². The number of hydrogen-bond donors (Lipinski definition) is 1. The second kappa shape index (κ2) is 4.00. The largest absolute Gasteiger partial charge is 0.326 e. The van der Waals surface area contributed by atoms with E-state index in [1.807, 2.05) is 5.51 Å². The lowest BCUT2D eigenvalue weighted by atomic mass is 10.2. The fourth-order valence-corrected chi connectivity index (χ4v) is 2.56. The molecule has 0 aliphatic heterocycles. The van der Waals surface area contributed by atoms with E-state index in [9.17, 15) is 0 Å². The van der Waals surface area contributed by atoms with Crippen LogP contribution in [0.1, 0.15) is 15.4 Å². The maximum Gasteiger partial charge on any atom is 0.0798 e. The molecule has 0 aliphatic rings. The van der Waals surface area contributed by atoms with Gasteiger partial charge in [-0.25, -0.2) is 4.98 Å². The normalized spacial score (nSPS) is 10.5. The second-order valence-electron chi connectivity index (χ2n) is 2.68. The summed E-state index contributed by atoms with van der Waals surface area (Å²) < 4.78 is 0. The van der Waals surface area contributed by atoms with Crippen molar-refractivity contribution in [3.8, 4) is 0 Å². The second-order valence-corrected chi connectivity index (χ2v) is 4.65. The number of rotatable bonds is 3. The lowest BCUT2D eigenvalue weighted by Gasteiger charge is -1.96. The maximum absolute atomic E-state index is 5.60. The van der Waals surface area contributed by atoms with Crippen LogP contribution in [-0.2, 0) is 13.0 Å². The molecule has 0 aliphatic carbocycles. The predicted molar refractivity (Wildman–Crippen MR) is 57.1 cm³/mol. The molecular weight excluding hydrogens is 200 g/mol. The van der Waals surface area contributed by atoms with Crippen LogP contribution in [0.4, 0.5) is 0 Å². The van der Waals surface area contributed by atoms with Gasteiger partial charge in [0.2, 0.25) is 0 Å². The zero-order valence-electron chi connectivity index (χ0n) is 7.06. The molecule has 0 atom stereocenters. The zero-order valence-corrected chi connectivity index (χ0v) is 8.70. The van der Waals surface area contributed by atoms with Crippen LogP contribution in [0.15, 0.2) is 23.0 Å². The Morgan fingerprint density at radius 3 is 3.00 bits per heavy atom. The Labute approximate surface area is 85.1 Å². The van der Waals surface area contributed by atoms with Gasteiger partial charge in [0.05, 0.1) is 11.2 Å². The van der Waals surface area contributed by atoms with E-state index in [0.717, 1.165) is 12.1 Å². The van der Waals surface area contributed by atoms with Crippen molar-refractivity contribution in [3.63, 3.8) is 0 Å². The van der Waals surface area contributed by atoms with E-state index >= 15 is 0 Å². The third kappa shape index (κ3) is 1.96. The van der Waals surface area contributed by atoms with E-state index < -0.39 is 0 Å². The standard InChI is InChI=1S/C9H10N2S2/c10-5-9-8(11-6-13-9)4-7-2-1-3-12-7/h1-3,6H,4-5,10H2. The van der Waals surface area contributed by atoms with Gasteiger partial charge < -0.3 is 5.73 Å². The first-order valence-electron chi connectivity index (χ1n) is 4.04. The van der Waals surface area contributed by atoms with Crippen LogP contribution in [-0.4, -0.2) is 4.98 Å². The molecule has 2 aromatic heterocycles. The van der Waals surface area contributed by atoms with Crippen molar-refractivity contribution in [3.05, 3.63) is 38.5 Å². The third-order valence-electron chi connectivity index (χ3n) is 1.83. The minimum Gasteiger partial charge on any atom is -0.326 e. The monoisotopic (exact) mass is 210 g/mol. The molecule has 2 nitrogen and oxygen atoms in total. The highest BCUT2D eigenvalue weighted by molar-refractivity contribution is 7.10. The Kier molecular flexibility index (Phi) is 2.73. The molecule has 2 N–H and O–H groups in total. The average Bonchev–Trinajstić information content (AvgIpc) is 2.76. The van der Waals surface area contributed by atoms with Crippen molar-refractivity contribution in [2.24, 2.45) is 5.73 Å². The SMILES string of the molecule is NCc1scnc1Cc1cccs1. The Balaban J connectivity index is 2.18. The minimum absolute atomic E-state index is 0.603. The molecule has 0 aromatic carbocycles. The number of nitrogens with zero attached hydrogens (tertiary/aromatic N) is 1. The first kappa shape index (κ1) is 8.87. The Morgan fingerprint density at radius 1 is 1.38 bits per heavy atom. The third-order valence-corrected chi connectivity index (χ3v) is 3.61. The number of thiazole rings is 1. The molecule has 0 spiro atoms. The average molecular weight is 210 g/mol. The highest BCUT2D eigenvalue weighted by atomic mass is 32.1. The van der Waals surface area contributed by atoms with Crippen LogP contribution in [0.25, 0.3) is 0 Å². The van der Waals surface area contributed by atoms with Gasteiger partial charge in [0, 0.05) is 22.7 Å². The lowest BCUT2D eigenvalue weighted by Crippen LogP contribution is -1.98. The molecule has 68 valence electrons. The molecule has 0 radical (unpaired) electrons. The molecule has 13 heavy (non-hydrogen) atoms. The van der Waals surface area contributed by atoms with Crippen molar-refractivity contribution in [2.75, 3.05) is 0 Å². The lowest BCUT2D eigenvalue weighted by molar-refractivity contribution is 1.02. The quantitative estimate of drug-likeness (QED) is 0.844. The Hall–Kier alpha value is -0.710. The zero-order chi connectivity index (χ0) is 9.10. The van der Waals surface area contributed by atoms with Gasteiger partial charge in [-0.3, -0.25) is 0 Å². The summed E-state index contributed by atoms with van der Waals surface area (Å²) in [6, 6.07) is 4.19. The smallest absolute Gasteiger partial charge is 0.0798 e. The van der Waals surface area contributed by atoms with Crippen LogP contribution in [0, 0.1) is 0 Å². The van der Waals surface area contributed by atoms with Crippen molar-refractivity contribution in [1.29, 1.82) is 0 Å². The fourth-order valence-electron chi connectivity index (χ4n) is 1.18. The van der Waals surface area contributed by atoms with E-state index in [0.29, 0.717) is 6.54 Å². The van der Waals surface area contributed by atoms with Crippen LogP contribution in [0.5, 0.6) is 0 Å². The van der Waals surface area contributed by atoms with Gasteiger partial charge >= 0.3 is 0 Å². The van der Waals surface area contributed by atoms with Gasteiger partial charge in [-0.05, 0) is 11.4 Å². The summed E-state index contributed by atoms with van der Waals surface area (Å²) in [7, 11) is 0. The Morgan fingerprint density at radius 2 is 2.31 bits per heavy atom. The summed E-state index contributed by atoms with van der Waals surface area (Å²) in [6.07, 6.45) is 0.924. The van der Waals surface area contributed by atoms with E-state index in [2.05, 4.69) is 22.5 Å². The first-order chi connectivity index (χ1) is 6.40. The van der Waals surface area contributed by atoms with Crippen LogP contribution >= 0.6 is 22.7 Å². The Bertz CT molecular complexity index is 365. The molecule has 0 bridgehead atoms. The molecule has 0 saturated heterocycles. The van der Waals surface area contributed by atoms with Crippen LogP contribution < -0.4 is 5.73 Å². The number of aromatic nitrogens is 1. The summed E-state index contributed by atoms with van der Waals surface area (Å²) in [5, 5.41) is 2.09. The molecule has 2 heterocycles. The van der Waals surface area contributed by atoms with E-state index in [1.54, 1.807) is 22.7 Å². The molecule has 2 rings (SSSR count). The van der Waals surface area contributed by atoms with Crippen molar-refractivity contribution in [2.45, 2.75) is 13.0 Å². The van der Waals surface area contributed by atoms with Gasteiger partial charge in [0.25, 0.3) is 0 Å². The van der Waals surface area contributed by atoms with Gasteiger partial charge in [-0.1, -0.05) is 6.07 Å². The fraction of sp³-hybridized carbons (Fsp3) is 0.222. The highest BCUT2D eigenvalue weighted by Gasteiger charge is 2.05. The van der Waals surface area contributed by atoms with E-state index in [4.69, 9.17) is 5.73 Å². The molecule has 0 unspecified atom stereocenters. The van der Waals surface area contributed by atoms with Crippen molar-refractivity contribution < 1.29 is 0 Å². The van der Waals surface area contributed by atoms with Crippen molar-refractivity contribution >= 4 is 22.7 Å². The molecule has 0 amide bonds. The number of thiophene rings is 1. The first-order valence-corrected chi connectivity index (χ1v) is 5.80. The minimum atomic E-state index is 0.603. The maximum atomic E-state index is 5.60. The van der Waals surface area contributed by atoms with Crippen LogP contribution in [0.2, 0.25) is 0 Å². The molecule has 0 fully saturated rings. The number of nitrogens with two attached hydrogens (primary N) is 1. The topological polar surface area (TPSA) is 38.9 Å². The van der Waals surface area contributed by atoms with E-state index in [-0.39, 0.29) is 0 Å². The van der Waals surface area contributed by atoms with Gasteiger partial charge in [0.1, 0.15) is 0 Å². The van der Waals surface area contributed by atoms with E-state index in [1.165, 1.54) is 9.75 Å². The molecular formula is C9H10N2S2. The van der Waals surface area contributed by atoms with Crippen molar-refractivity contribution in [1.82, 2.24) is 4.98 Å². The summed E-state index contributed by atoms with van der Waals surface area (Å²) in [6.45, 7) is 0.603. The van der Waals surface area contributed by atoms with Gasteiger partial charge in [-0.2, -0.15) is 0 Å². The summed E-state index contributed by atoms with van der Waals surface area (Å²) >= 11 is 3.40. The summed E-state index contributed by atoms with van der Waals surface area (Å²) in [5.74, 6) is 0. The molecule has 2 aromatic rings. The number of hydrogen-bond acceptors (Lipinski definition) is 4. The highest BCUT2D eigenvalue weighted by Crippen LogP contribution is 2.19. The summed E-state index contributed by atoms with van der Waals surface area (Å²) in [5.41, 5.74) is 8.60. The summed E-state index contributed by atoms with van der Waals surface area (Å²) in [4.78, 5) is 6.86.